The highest BCUT2D eigenvalue weighted by atomic mass is 19.1. The molecule has 48 heavy (non-hydrogen) atoms. The zero-order chi connectivity index (χ0) is 34.1. The van der Waals surface area contributed by atoms with Gasteiger partial charge in [-0.3, -0.25) is 24.9 Å². The van der Waals surface area contributed by atoms with Crippen molar-refractivity contribution in [2.24, 2.45) is 21.1 Å². The van der Waals surface area contributed by atoms with Gasteiger partial charge < -0.3 is 26.2 Å². The molecule has 4 aliphatic heterocycles. The van der Waals surface area contributed by atoms with Crippen LogP contribution in [-0.2, 0) is 9.59 Å². The Kier molecular flexibility index (Phi) is 9.37. The van der Waals surface area contributed by atoms with E-state index in [-0.39, 0.29) is 17.6 Å². The maximum Gasteiger partial charge on any atom is 0.237 e. The summed E-state index contributed by atoms with van der Waals surface area (Å²) in [5, 5.41) is 8.81. The number of hydrogen-bond acceptors (Lipinski definition) is 6. The number of nitrogens with zero attached hydrogens (tertiary/aromatic N) is 6. The smallest absolute Gasteiger partial charge is 0.237 e. The summed E-state index contributed by atoms with van der Waals surface area (Å²) in [7, 11) is 1.64. The third kappa shape index (κ3) is 6.85. The number of aliphatic imine (C=N–C) groups is 2. The zero-order valence-corrected chi connectivity index (χ0v) is 27.9. The first-order valence-corrected chi connectivity index (χ1v) is 16.8. The number of halogens is 1. The fourth-order valence-corrected chi connectivity index (χ4v) is 7.32. The quantitative estimate of drug-likeness (QED) is 0.236. The number of benzene rings is 2. The van der Waals surface area contributed by atoms with Gasteiger partial charge in [0.1, 0.15) is 23.7 Å². The Morgan fingerprint density at radius 3 is 2.44 bits per heavy atom. The van der Waals surface area contributed by atoms with Gasteiger partial charge in [0, 0.05) is 68.8 Å². The van der Waals surface area contributed by atoms with Gasteiger partial charge >= 0.3 is 0 Å². The molecule has 2 aromatic rings. The number of likely N-dealkylation sites (tertiary alicyclic amines) is 2. The number of nitrogen functional groups attached to an aromatic ring is 1. The van der Waals surface area contributed by atoms with Crippen LogP contribution in [0.2, 0.25) is 0 Å². The lowest BCUT2D eigenvalue weighted by Gasteiger charge is -2.36. The van der Waals surface area contributed by atoms with E-state index in [4.69, 9.17) is 16.9 Å². The minimum absolute atomic E-state index is 0.0639. The number of rotatable bonds is 7. The Hall–Kier alpha value is -4.58. The summed E-state index contributed by atoms with van der Waals surface area (Å²) >= 11 is 0. The Morgan fingerprint density at radius 1 is 1.02 bits per heavy atom. The van der Waals surface area contributed by atoms with Gasteiger partial charge in [-0.15, -0.1) is 0 Å². The highest BCUT2D eigenvalue weighted by Crippen LogP contribution is 2.43. The van der Waals surface area contributed by atoms with Crippen LogP contribution in [0.3, 0.4) is 0 Å². The van der Waals surface area contributed by atoms with Crippen LogP contribution in [0.1, 0.15) is 55.7 Å². The normalized spacial score (nSPS) is 23.4. The lowest BCUT2D eigenvalue weighted by atomic mass is 9.85. The number of nitrogens with one attached hydrogen (secondary N) is 1. The number of nitrogens with two attached hydrogens (primary N) is 2. The molecule has 0 unspecified atom stereocenters. The van der Waals surface area contributed by atoms with Crippen LogP contribution in [0.25, 0.3) is 5.57 Å². The van der Waals surface area contributed by atoms with E-state index < -0.39 is 11.1 Å². The Labute approximate surface area is 281 Å². The summed E-state index contributed by atoms with van der Waals surface area (Å²) in [5.41, 5.74) is 15.5. The van der Waals surface area contributed by atoms with E-state index in [0.29, 0.717) is 95.1 Å². The van der Waals surface area contributed by atoms with Crippen molar-refractivity contribution in [2.45, 2.75) is 44.7 Å². The summed E-state index contributed by atoms with van der Waals surface area (Å²) < 4.78 is 14.4. The Balaban J connectivity index is 1.04. The van der Waals surface area contributed by atoms with Crippen LogP contribution in [0, 0.1) is 10.8 Å². The third-order valence-electron chi connectivity index (χ3n) is 10.5. The number of carbonyl (C=O) groups excluding carboxylic acids is 2. The van der Waals surface area contributed by atoms with Crippen molar-refractivity contribution >= 4 is 46.8 Å². The maximum absolute atomic E-state index is 14.4. The molecule has 0 bridgehead atoms. The van der Waals surface area contributed by atoms with Gasteiger partial charge in [-0.05, 0) is 74.9 Å². The van der Waals surface area contributed by atoms with Gasteiger partial charge in [0.15, 0.2) is 0 Å². The van der Waals surface area contributed by atoms with Crippen molar-refractivity contribution in [3.63, 3.8) is 0 Å². The molecule has 0 aliphatic carbocycles. The van der Waals surface area contributed by atoms with Crippen molar-refractivity contribution < 1.29 is 14.0 Å². The number of alkyl halides is 1. The molecule has 0 radical (unpaired) electrons. The van der Waals surface area contributed by atoms with E-state index in [0.717, 1.165) is 23.2 Å². The molecule has 11 nitrogen and oxygen atoms in total. The van der Waals surface area contributed by atoms with E-state index in [1.165, 1.54) is 11.9 Å². The predicted octanol–water partition coefficient (Wildman–Crippen LogP) is 3.53. The second kappa shape index (κ2) is 13.5. The minimum Gasteiger partial charge on any atom is -0.398 e. The highest BCUT2D eigenvalue weighted by Gasteiger charge is 2.51. The summed E-state index contributed by atoms with van der Waals surface area (Å²) in [6, 6.07) is 13.4. The van der Waals surface area contributed by atoms with Crippen LogP contribution in [-0.4, -0.2) is 110 Å². The Bertz CT molecular complexity index is 1660. The van der Waals surface area contributed by atoms with E-state index in [9.17, 15) is 14.0 Å². The number of anilines is 2. The van der Waals surface area contributed by atoms with Gasteiger partial charge in [-0.25, -0.2) is 9.38 Å². The molecular weight excluding hydrogens is 609 g/mol. The first-order chi connectivity index (χ1) is 23.0. The van der Waals surface area contributed by atoms with Crippen molar-refractivity contribution in [2.75, 3.05) is 70.0 Å². The SMILES string of the molecule is CN=CN=C(N)c1ccc(C2=CCN(C(=O)CN3CC[C@]4(CCN(c5ccc(N)c(C(=N)N6CCC(C)(F)CC6)c5)C4=O)C3)CC2)cc1. The molecule has 0 aromatic heterocycles. The van der Waals surface area contributed by atoms with Crippen molar-refractivity contribution in [1.29, 1.82) is 5.41 Å². The molecule has 1 atom stereocenters. The number of piperidine rings is 1. The van der Waals surface area contributed by atoms with Crippen molar-refractivity contribution in [1.82, 2.24) is 14.7 Å². The summed E-state index contributed by atoms with van der Waals surface area (Å²) in [6.45, 7) is 5.85. The third-order valence-corrected chi connectivity index (χ3v) is 10.5. The van der Waals surface area contributed by atoms with Crippen LogP contribution >= 0.6 is 0 Å². The molecular formula is C36H46FN9O2. The number of amidine groups is 2. The first kappa shape index (κ1) is 33.3. The lowest BCUT2D eigenvalue weighted by molar-refractivity contribution is -0.132. The second-order valence-electron chi connectivity index (χ2n) is 13.8. The predicted molar refractivity (Wildman–Crippen MR) is 189 cm³/mol. The number of carbonyl (C=O) groups is 2. The fourth-order valence-electron chi connectivity index (χ4n) is 7.32. The van der Waals surface area contributed by atoms with Crippen LogP contribution in [0.5, 0.6) is 0 Å². The van der Waals surface area contributed by atoms with E-state index in [2.05, 4.69) is 21.0 Å². The molecule has 12 heteroatoms. The highest BCUT2D eigenvalue weighted by molar-refractivity contribution is 6.05. The standard InChI is InChI=1S/C36H46FN9O2/c1-35(37)11-18-45(19-12-35)33(40)29-21-28(7-8-30(29)38)46-20-14-36(34(46)48)13-17-43(23-36)22-31(47)44-15-9-26(10-16-44)25-3-5-27(6-4-25)32(39)42-24-41-2/h3-9,21,24,40H,10-20,22-23,38H2,1-2H3,(H2,39,41,42)/t36-/m0/s1. The molecule has 3 saturated heterocycles. The topological polar surface area (TPSA) is 148 Å². The van der Waals surface area contributed by atoms with Crippen LogP contribution < -0.4 is 16.4 Å². The molecule has 2 aromatic carbocycles. The molecule has 2 amide bonds. The summed E-state index contributed by atoms with van der Waals surface area (Å²) in [4.78, 5) is 42.9. The molecule has 254 valence electrons. The second-order valence-corrected chi connectivity index (χ2v) is 13.8. The molecule has 5 N–H and O–H groups in total. The molecule has 6 rings (SSSR count). The molecule has 1 spiro atoms. The van der Waals surface area contributed by atoms with Gasteiger partial charge in [-0.1, -0.05) is 30.3 Å². The molecule has 4 aliphatic rings. The average molecular weight is 656 g/mol. The monoisotopic (exact) mass is 655 g/mol. The van der Waals surface area contributed by atoms with E-state index in [1.54, 1.807) is 24.9 Å². The Morgan fingerprint density at radius 2 is 1.75 bits per heavy atom. The van der Waals surface area contributed by atoms with Crippen LogP contribution in [0.4, 0.5) is 15.8 Å². The zero-order valence-electron chi connectivity index (χ0n) is 27.9. The summed E-state index contributed by atoms with van der Waals surface area (Å²) in [5.74, 6) is 0.821. The molecule has 4 heterocycles. The van der Waals surface area contributed by atoms with Gasteiger partial charge in [0.05, 0.1) is 12.0 Å². The number of hydrogen-bond donors (Lipinski definition) is 3. The fraction of sp³-hybridized carbons (Fsp3) is 0.472. The van der Waals surface area contributed by atoms with Gasteiger partial charge in [-0.2, -0.15) is 0 Å². The average Bonchev–Trinajstić information content (AvgIpc) is 3.65. The van der Waals surface area contributed by atoms with Crippen LogP contribution in [0.15, 0.2) is 58.5 Å². The minimum atomic E-state index is -1.21. The van der Waals surface area contributed by atoms with Gasteiger partial charge in [0.2, 0.25) is 11.8 Å². The van der Waals surface area contributed by atoms with Crippen molar-refractivity contribution in [3.05, 3.63) is 65.2 Å². The lowest BCUT2D eigenvalue weighted by Crippen LogP contribution is -2.43. The van der Waals surface area contributed by atoms with Gasteiger partial charge in [0.25, 0.3) is 0 Å². The molecule has 3 fully saturated rings. The molecule has 0 saturated carbocycles. The number of amides is 2. The maximum atomic E-state index is 14.4. The first-order valence-electron chi connectivity index (χ1n) is 16.8. The summed E-state index contributed by atoms with van der Waals surface area (Å²) in [6.07, 6.45) is 6.47. The van der Waals surface area contributed by atoms with Crippen molar-refractivity contribution in [3.8, 4) is 0 Å². The van der Waals surface area contributed by atoms with E-state index in [1.807, 2.05) is 46.2 Å². The largest absolute Gasteiger partial charge is 0.398 e. The van der Waals surface area contributed by atoms with E-state index >= 15 is 0 Å².